The predicted molar refractivity (Wildman–Crippen MR) is 139 cm³/mol. The van der Waals surface area contributed by atoms with E-state index in [1.54, 1.807) is 30.8 Å². The molecule has 0 bridgehead atoms. The molecule has 1 unspecified atom stereocenters. The van der Waals surface area contributed by atoms with Crippen LogP contribution in [0, 0.1) is 0 Å². The number of ether oxygens (including phenoxy) is 2. The Labute approximate surface area is 210 Å². The summed E-state index contributed by atoms with van der Waals surface area (Å²) in [5.74, 6) is 1.82. The molecular formula is C24H34N8O2S. The first-order valence-corrected chi connectivity index (χ1v) is 13.1. The normalized spacial score (nSPS) is 20.2. The molecular weight excluding hydrogens is 464 g/mol. The molecule has 188 valence electrons. The Bertz CT molecular complexity index is 1100. The number of hydrogen-bond acceptors (Lipinski definition) is 11. The first-order chi connectivity index (χ1) is 17.1. The highest BCUT2D eigenvalue weighted by molar-refractivity contribution is 7.17. The molecule has 5 heterocycles. The third kappa shape index (κ3) is 5.70. The van der Waals surface area contributed by atoms with Gasteiger partial charge in [0.05, 0.1) is 35.1 Å². The van der Waals surface area contributed by atoms with Gasteiger partial charge in [-0.25, -0.2) is 19.9 Å². The van der Waals surface area contributed by atoms with Crippen LogP contribution >= 0.6 is 11.3 Å². The molecule has 0 radical (unpaired) electrons. The van der Waals surface area contributed by atoms with Gasteiger partial charge in [0, 0.05) is 51.7 Å². The monoisotopic (exact) mass is 498 g/mol. The third-order valence-corrected chi connectivity index (χ3v) is 7.84. The number of methoxy groups -OCH3 is 1. The lowest BCUT2D eigenvalue weighted by Gasteiger charge is -2.40. The summed E-state index contributed by atoms with van der Waals surface area (Å²) in [7, 11) is 3.97. The van der Waals surface area contributed by atoms with Gasteiger partial charge in [-0.05, 0) is 44.4 Å². The second kappa shape index (κ2) is 11.1. The number of nitrogens with two attached hydrogens (primary N) is 1. The molecule has 2 fully saturated rings. The van der Waals surface area contributed by atoms with Gasteiger partial charge in [-0.1, -0.05) is 0 Å². The minimum absolute atomic E-state index is 0.153. The van der Waals surface area contributed by atoms with Gasteiger partial charge in [-0.3, -0.25) is 0 Å². The highest BCUT2D eigenvalue weighted by atomic mass is 32.1. The number of piperidine rings is 1. The van der Waals surface area contributed by atoms with Gasteiger partial charge in [0.2, 0.25) is 5.95 Å². The Morgan fingerprint density at radius 1 is 1.20 bits per heavy atom. The van der Waals surface area contributed by atoms with E-state index in [1.165, 1.54) is 12.8 Å². The molecule has 2 aliphatic heterocycles. The first-order valence-electron chi connectivity index (χ1n) is 12.2. The van der Waals surface area contributed by atoms with Crippen LogP contribution in [0.5, 0.6) is 0 Å². The number of nitrogens with zero attached hydrogens (tertiary/aromatic N) is 7. The smallest absolute Gasteiger partial charge is 0.219 e. The molecule has 3 aromatic rings. The van der Waals surface area contributed by atoms with Crippen molar-refractivity contribution < 1.29 is 9.47 Å². The first kappa shape index (κ1) is 24.3. The van der Waals surface area contributed by atoms with Gasteiger partial charge in [-0.15, -0.1) is 11.3 Å². The van der Waals surface area contributed by atoms with Gasteiger partial charge in [-0.2, -0.15) is 0 Å². The van der Waals surface area contributed by atoms with Crippen molar-refractivity contribution in [2.45, 2.75) is 25.0 Å². The number of rotatable bonds is 8. The Morgan fingerprint density at radius 2 is 2.00 bits per heavy atom. The molecule has 0 amide bonds. The van der Waals surface area contributed by atoms with Crippen molar-refractivity contribution in [2.75, 3.05) is 77.3 Å². The number of likely N-dealkylation sites (tertiary alicyclic amines) is 1. The zero-order valence-corrected chi connectivity index (χ0v) is 21.3. The number of morpholine rings is 1. The van der Waals surface area contributed by atoms with Crippen molar-refractivity contribution in [2.24, 2.45) is 0 Å². The van der Waals surface area contributed by atoms with Crippen LogP contribution in [0.25, 0.3) is 21.6 Å². The lowest BCUT2D eigenvalue weighted by Crippen LogP contribution is -2.51. The van der Waals surface area contributed by atoms with Gasteiger partial charge >= 0.3 is 0 Å². The van der Waals surface area contributed by atoms with Crippen molar-refractivity contribution >= 4 is 33.3 Å². The van der Waals surface area contributed by atoms with Crippen molar-refractivity contribution in [1.82, 2.24) is 29.7 Å². The molecule has 5 rings (SSSR count). The van der Waals surface area contributed by atoms with Crippen molar-refractivity contribution in [3.05, 3.63) is 23.8 Å². The third-order valence-electron chi connectivity index (χ3n) is 6.94. The molecule has 2 saturated heterocycles. The topological polar surface area (TPSA) is 106 Å². The van der Waals surface area contributed by atoms with E-state index in [4.69, 9.17) is 25.2 Å². The summed E-state index contributed by atoms with van der Waals surface area (Å²) in [4.78, 5) is 25.3. The number of nitrogen functional groups attached to an aromatic ring is 1. The van der Waals surface area contributed by atoms with Crippen molar-refractivity contribution in [3.8, 4) is 11.4 Å². The standard InChI is InChI=1S/C24H34N8O2S/c1-30(8-10-33-2)18-3-6-31(7-4-18)15-19-16-32(9-11-34-19)23-21-20(5-12-35-21)28-22(29-23)17-13-26-24(25)27-14-17/h5,12-14,18-19H,3-4,6-11,15-16H2,1-2H3,(H2,25,26,27). The van der Waals surface area contributed by atoms with E-state index in [1.807, 2.05) is 6.07 Å². The molecule has 3 aromatic heterocycles. The average Bonchev–Trinajstić information content (AvgIpc) is 3.36. The van der Waals surface area contributed by atoms with E-state index in [9.17, 15) is 0 Å². The van der Waals surface area contributed by atoms with Crippen LogP contribution in [0.3, 0.4) is 0 Å². The summed E-state index contributed by atoms with van der Waals surface area (Å²) in [6, 6.07) is 2.67. The largest absolute Gasteiger partial charge is 0.383 e. The molecule has 1 atom stereocenters. The zero-order valence-electron chi connectivity index (χ0n) is 20.5. The van der Waals surface area contributed by atoms with Crippen LogP contribution in [0.4, 0.5) is 11.8 Å². The maximum absolute atomic E-state index is 6.20. The van der Waals surface area contributed by atoms with E-state index >= 15 is 0 Å². The second-order valence-corrected chi connectivity index (χ2v) is 10.2. The fourth-order valence-electron chi connectivity index (χ4n) is 4.92. The maximum Gasteiger partial charge on any atom is 0.219 e. The molecule has 35 heavy (non-hydrogen) atoms. The minimum Gasteiger partial charge on any atom is -0.383 e. The number of thiophene rings is 1. The Morgan fingerprint density at radius 3 is 2.77 bits per heavy atom. The van der Waals surface area contributed by atoms with Gasteiger partial charge in [0.15, 0.2) is 11.6 Å². The van der Waals surface area contributed by atoms with E-state index in [0.717, 1.165) is 67.5 Å². The molecule has 2 N–H and O–H groups in total. The summed E-state index contributed by atoms with van der Waals surface area (Å²) in [6.07, 6.45) is 5.88. The highest BCUT2D eigenvalue weighted by Crippen LogP contribution is 2.32. The highest BCUT2D eigenvalue weighted by Gasteiger charge is 2.28. The van der Waals surface area contributed by atoms with Gasteiger partial charge in [0.1, 0.15) is 0 Å². The van der Waals surface area contributed by atoms with Crippen LogP contribution in [0.1, 0.15) is 12.8 Å². The van der Waals surface area contributed by atoms with Crippen LogP contribution in [0.2, 0.25) is 0 Å². The van der Waals surface area contributed by atoms with E-state index in [2.05, 4.69) is 37.1 Å². The fourth-order valence-corrected chi connectivity index (χ4v) is 5.76. The van der Waals surface area contributed by atoms with Crippen LogP contribution in [-0.4, -0.2) is 109 Å². The molecule has 11 heteroatoms. The molecule has 0 spiro atoms. The van der Waals surface area contributed by atoms with Gasteiger partial charge in [0.25, 0.3) is 0 Å². The predicted octanol–water partition coefficient (Wildman–Crippen LogP) is 1.98. The molecule has 0 aromatic carbocycles. The van der Waals surface area contributed by atoms with E-state index in [0.29, 0.717) is 18.5 Å². The van der Waals surface area contributed by atoms with Crippen molar-refractivity contribution in [3.63, 3.8) is 0 Å². The fraction of sp³-hybridized carbons (Fsp3) is 0.583. The van der Waals surface area contributed by atoms with Crippen LogP contribution in [0.15, 0.2) is 23.8 Å². The summed E-state index contributed by atoms with van der Waals surface area (Å²) in [5, 5.41) is 2.07. The number of hydrogen-bond donors (Lipinski definition) is 1. The zero-order chi connectivity index (χ0) is 24.2. The SMILES string of the molecule is COCCN(C)C1CCN(CC2CN(c3nc(-c4cnc(N)nc4)nc4ccsc34)CCO2)CC1. The second-order valence-electron chi connectivity index (χ2n) is 9.28. The van der Waals surface area contributed by atoms with Crippen LogP contribution < -0.4 is 10.6 Å². The Kier molecular flexibility index (Phi) is 7.69. The molecule has 10 nitrogen and oxygen atoms in total. The number of fused-ring (bicyclic) bond motifs is 1. The lowest BCUT2D eigenvalue weighted by atomic mass is 10.0. The number of aromatic nitrogens is 4. The summed E-state index contributed by atoms with van der Waals surface area (Å²) >= 11 is 1.68. The van der Waals surface area contributed by atoms with Crippen molar-refractivity contribution in [1.29, 1.82) is 0 Å². The lowest BCUT2D eigenvalue weighted by molar-refractivity contribution is 0.00501. The average molecular weight is 499 g/mol. The van der Waals surface area contributed by atoms with E-state index in [-0.39, 0.29) is 12.1 Å². The molecule has 0 aliphatic carbocycles. The summed E-state index contributed by atoms with van der Waals surface area (Å²) in [5.41, 5.74) is 7.36. The maximum atomic E-state index is 6.20. The Balaban J connectivity index is 1.25. The molecule has 2 aliphatic rings. The summed E-state index contributed by atoms with van der Waals surface area (Å²) in [6.45, 7) is 7.25. The number of likely N-dealkylation sites (N-methyl/N-ethyl adjacent to an activating group) is 1. The van der Waals surface area contributed by atoms with Crippen LogP contribution in [-0.2, 0) is 9.47 Å². The quantitative estimate of drug-likeness (QED) is 0.495. The minimum atomic E-state index is 0.153. The Hall–Kier alpha value is -2.44. The van der Waals surface area contributed by atoms with Gasteiger partial charge < -0.3 is 29.9 Å². The molecule has 0 saturated carbocycles. The number of anilines is 2. The summed E-state index contributed by atoms with van der Waals surface area (Å²) < 4.78 is 12.5. The van der Waals surface area contributed by atoms with E-state index < -0.39 is 0 Å².